The molecule has 0 fully saturated rings. The van der Waals surface area contributed by atoms with E-state index >= 15 is 0 Å². The van der Waals surface area contributed by atoms with Gasteiger partial charge in [-0.15, -0.1) is 0 Å². The number of amides is 1. The van der Waals surface area contributed by atoms with Gasteiger partial charge in [0, 0.05) is 12.1 Å². The van der Waals surface area contributed by atoms with Crippen LogP contribution in [0.4, 0.5) is 4.39 Å². The van der Waals surface area contributed by atoms with Crippen molar-refractivity contribution in [2.75, 3.05) is 6.54 Å². The molecule has 0 spiro atoms. The molecule has 1 amide bonds. The molecule has 2 rings (SSSR count). The van der Waals surface area contributed by atoms with Crippen molar-refractivity contribution in [3.05, 3.63) is 57.5 Å². The Balaban J connectivity index is 2.16. The molecule has 5 heteroatoms. The molecule has 2 aromatic rings. The van der Waals surface area contributed by atoms with Gasteiger partial charge in [0.15, 0.2) is 0 Å². The van der Waals surface area contributed by atoms with Crippen LogP contribution < -0.4 is 11.1 Å². The molecule has 20 heavy (non-hydrogen) atoms. The van der Waals surface area contributed by atoms with Crippen LogP contribution in [0, 0.1) is 17.7 Å². The largest absolute Gasteiger partial charge is 0.348 e. The first-order valence-electron chi connectivity index (χ1n) is 5.98. The summed E-state index contributed by atoms with van der Waals surface area (Å²) < 4.78 is 13.2. The number of carbonyl (C=O) groups is 1. The number of benzene rings is 1. The lowest BCUT2D eigenvalue weighted by Gasteiger charge is -2.06. The number of rotatable bonds is 3. The Morgan fingerprint density at radius 1 is 1.40 bits per heavy atom. The number of nitrogens with one attached hydrogen (secondary N) is 1. The summed E-state index contributed by atoms with van der Waals surface area (Å²) in [6.45, 7) is 0.593. The second-order valence-electron chi connectivity index (χ2n) is 4.01. The van der Waals surface area contributed by atoms with E-state index in [2.05, 4.69) is 17.2 Å². The normalized spacial score (nSPS) is 9.70. The van der Waals surface area contributed by atoms with Crippen molar-refractivity contribution in [2.24, 2.45) is 5.73 Å². The maximum absolute atomic E-state index is 13.2. The molecule has 0 bridgehead atoms. The third-order valence-electron chi connectivity index (χ3n) is 2.58. The summed E-state index contributed by atoms with van der Waals surface area (Å²) in [5.41, 5.74) is 7.02. The fourth-order valence-electron chi connectivity index (χ4n) is 1.63. The minimum absolute atomic E-state index is 0.159. The Bertz CT molecular complexity index is 656. The van der Waals surface area contributed by atoms with Gasteiger partial charge in [-0.3, -0.25) is 4.79 Å². The lowest BCUT2D eigenvalue weighted by molar-refractivity contribution is 0.0950. The first-order chi connectivity index (χ1) is 9.70. The number of thiophene rings is 1. The van der Waals surface area contributed by atoms with Crippen LogP contribution in [0.5, 0.6) is 0 Å². The van der Waals surface area contributed by atoms with Crippen LogP contribution in [0.25, 0.3) is 0 Å². The standard InChI is InChI=1S/C15H13FN2OS/c16-13-3-4-14(12(8-13)2-1-6-17)15(19)18-9-11-5-7-20-10-11/h3-5,7-8,10H,6,9,17H2,(H,18,19). The Morgan fingerprint density at radius 2 is 2.25 bits per heavy atom. The van der Waals surface area contributed by atoms with Crippen molar-refractivity contribution in [3.8, 4) is 11.8 Å². The van der Waals surface area contributed by atoms with Crippen molar-refractivity contribution >= 4 is 17.2 Å². The van der Waals surface area contributed by atoms with Gasteiger partial charge < -0.3 is 11.1 Å². The number of nitrogens with two attached hydrogens (primary N) is 1. The van der Waals surface area contributed by atoms with E-state index in [1.54, 1.807) is 11.3 Å². The van der Waals surface area contributed by atoms with Crippen LogP contribution in [0.15, 0.2) is 35.0 Å². The highest BCUT2D eigenvalue weighted by Gasteiger charge is 2.11. The second kappa shape index (κ2) is 6.85. The van der Waals surface area contributed by atoms with Gasteiger partial charge in [0.1, 0.15) is 5.82 Å². The third-order valence-corrected chi connectivity index (χ3v) is 3.32. The van der Waals surface area contributed by atoms with Crippen molar-refractivity contribution in [1.29, 1.82) is 0 Å². The number of halogens is 1. The first kappa shape index (κ1) is 14.3. The molecule has 0 aliphatic rings. The number of hydrogen-bond acceptors (Lipinski definition) is 3. The second-order valence-corrected chi connectivity index (χ2v) is 4.79. The third kappa shape index (κ3) is 3.67. The first-order valence-corrected chi connectivity index (χ1v) is 6.92. The van der Waals surface area contributed by atoms with E-state index < -0.39 is 5.82 Å². The highest BCUT2D eigenvalue weighted by atomic mass is 32.1. The summed E-state index contributed by atoms with van der Waals surface area (Å²) in [5.74, 6) is 4.63. The summed E-state index contributed by atoms with van der Waals surface area (Å²) >= 11 is 1.57. The molecular formula is C15H13FN2OS. The highest BCUT2D eigenvalue weighted by Crippen LogP contribution is 2.11. The van der Waals surface area contributed by atoms with E-state index in [0.717, 1.165) is 5.56 Å². The molecule has 3 N–H and O–H groups in total. The van der Waals surface area contributed by atoms with E-state index in [-0.39, 0.29) is 12.5 Å². The minimum Gasteiger partial charge on any atom is -0.348 e. The predicted octanol–water partition coefficient (Wildman–Crippen LogP) is 2.13. The number of hydrogen-bond donors (Lipinski definition) is 2. The molecule has 1 aromatic carbocycles. The molecular weight excluding hydrogens is 275 g/mol. The average Bonchev–Trinajstić information content (AvgIpc) is 2.96. The monoisotopic (exact) mass is 288 g/mol. The molecule has 0 unspecified atom stereocenters. The van der Waals surface area contributed by atoms with Crippen molar-refractivity contribution < 1.29 is 9.18 Å². The van der Waals surface area contributed by atoms with Gasteiger partial charge in [0.05, 0.1) is 12.1 Å². The zero-order valence-corrected chi connectivity index (χ0v) is 11.5. The molecule has 0 aliphatic carbocycles. The fraction of sp³-hybridized carbons (Fsp3) is 0.133. The average molecular weight is 288 g/mol. The van der Waals surface area contributed by atoms with Crippen molar-refractivity contribution in [3.63, 3.8) is 0 Å². The van der Waals surface area contributed by atoms with Crippen LogP contribution in [0.1, 0.15) is 21.5 Å². The fourth-order valence-corrected chi connectivity index (χ4v) is 2.30. The minimum atomic E-state index is -0.430. The van der Waals surface area contributed by atoms with Gasteiger partial charge in [-0.25, -0.2) is 4.39 Å². The highest BCUT2D eigenvalue weighted by molar-refractivity contribution is 7.07. The summed E-state index contributed by atoms with van der Waals surface area (Å²) in [6.07, 6.45) is 0. The molecule has 102 valence electrons. The summed E-state index contributed by atoms with van der Waals surface area (Å²) in [7, 11) is 0. The Morgan fingerprint density at radius 3 is 2.95 bits per heavy atom. The van der Waals surface area contributed by atoms with E-state index in [1.165, 1.54) is 18.2 Å². The Labute approximate surface area is 120 Å². The van der Waals surface area contributed by atoms with Crippen LogP contribution in [-0.4, -0.2) is 12.5 Å². The van der Waals surface area contributed by atoms with Crippen LogP contribution >= 0.6 is 11.3 Å². The molecule has 3 nitrogen and oxygen atoms in total. The molecule has 0 aliphatic heterocycles. The van der Waals surface area contributed by atoms with Gasteiger partial charge in [0.25, 0.3) is 5.91 Å². The lowest BCUT2D eigenvalue weighted by atomic mass is 10.1. The molecule has 0 atom stereocenters. The topological polar surface area (TPSA) is 55.1 Å². The molecule has 0 saturated heterocycles. The Hall–Kier alpha value is -2.16. The van der Waals surface area contributed by atoms with Crippen LogP contribution in [0.3, 0.4) is 0 Å². The number of carbonyl (C=O) groups excluding carboxylic acids is 1. The summed E-state index contributed by atoms with van der Waals surface area (Å²) in [5, 5.41) is 6.68. The molecule has 0 radical (unpaired) electrons. The quantitative estimate of drug-likeness (QED) is 0.850. The van der Waals surface area contributed by atoms with Crippen LogP contribution in [0.2, 0.25) is 0 Å². The van der Waals surface area contributed by atoms with Gasteiger partial charge >= 0.3 is 0 Å². The van der Waals surface area contributed by atoms with E-state index in [4.69, 9.17) is 5.73 Å². The molecule has 1 heterocycles. The zero-order chi connectivity index (χ0) is 14.4. The van der Waals surface area contributed by atoms with Gasteiger partial charge in [0.2, 0.25) is 0 Å². The van der Waals surface area contributed by atoms with Crippen molar-refractivity contribution in [2.45, 2.75) is 6.54 Å². The summed E-state index contributed by atoms with van der Waals surface area (Å²) in [6, 6.07) is 5.85. The maximum atomic E-state index is 13.2. The Kier molecular flexibility index (Phi) is 4.88. The zero-order valence-electron chi connectivity index (χ0n) is 10.7. The predicted molar refractivity (Wildman–Crippen MR) is 77.8 cm³/mol. The van der Waals surface area contributed by atoms with E-state index in [0.29, 0.717) is 17.7 Å². The van der Waals surface area contributed by atoms with Gasteiger partial charge in [-0.05, 0) is 40.6 Å². The van der Waals surface area contributed by atoms with E-state index in [9.17, 15) is 9.18 Å². The van der Waals surface area contributed by atoms with Gasteiger partial charge in [-0.2, -0.15) is 11.3 Å². The molecule has 0 saturated carbocycles. The maximum Gasteiger partial charge on any atom is 0.252 e. The smallest absolute Gasteiger partial charge is 0.252 e. The lowest BCUT2D eigenvalue weighted by Crippen LogP contribution is -2.23. The van der Waals surface area contributed by atoms with Crippen molar-refractivity contribution in [1.82, 2.24) is 5.32 Å². The SMILES string of the molecule is NCC#Cc1cc(F)ccc1C(=O)NCc1ccsc1. The van der Waals surface area contributed by atoms with Crippen LogP contribution in [-0.2, 0) is 6.54 Å². The van der Waals surface area contributed by atoms with E-state index in [1.807, 2.05) is 16.8 Å². The summed E-state index contributed by atoms with van der Waals surface area (Å²) in [4.78, 5) is 12.1. The van der Waals surface area contributed by atoms with Gasteiger partial charge in [-0.1, -0.05) is 11.8 Å². The molecule has 1 aromatic heterocycles.